The molecule has 2 aromatic rings. The molecule has 1 fully saturated rings. The highest BCUT2D eigenvalue weighted by Crippen LogP contribution is 2.24. The van der Waals surface area contributed by atoms with Gasteiger partial charge in [0.2, 0.25) is 5.91 Å². The van der Waals surface area contributed by atoms with E-state index in [9.17, 15) is 18.0 Å². The molecule has 1 aliphatic rings. The van der Waals surface area contributed by atoms with Gasteiger partial charge in [-0.1, -0.05) is 37.0 Å². The second-order valence-corrected chi connectivity index (χ2v) is 8.05. The van der Waals surface area contributed by atoms with Gasteiger partial charge in [-0.25, -0.2) is 17.8 Å². The van der Waals surface area contributed by atoms with Gasteiger partial charge in [0.05, 0.1) is 4.90 Å². The first kappa shape index (κ1) is 16.7. The van der Waals surface area contributed by atoms with Crippen molar-refractivity contribution in [2.24, 2.45) is 5.92 Å². The molecular weight excluding hydrogens is 328 g/mol. The van der Waals surface area contributed by atoms with Crippen molar-refractivity contribution in [2.75, 3.05) is 0 Å². The first-order valence-corrected chi connectivity index (χ1v) is 9.52. The van der Waals surface area contributed by atoms with E-state index in [4.69, 9.17) is 0 Å². The first-order valence-electron chi connectivity index (χ1n) is 8.08. The Kier molecular flexibility index (Phi) is 4.45. The zero-order chi connectivity index (χ0) is 17.3. The maximum atomic E-state index is 12.6. The Morgan fingerprint density at radius 3 is 2.29 bits per heavy atom. The number of hydrogen-bond acceptors (Lipinski definition) is 4. The minimum absolute atomic E-state index is 0.0260. The lowest BCUT2D eigenvalue weighted by Crippen LogP contribution is -2.35. The van der Waals surface area contributed by atoms with Gasteiger partial charge >= 0.3 is 5.69 Å². The van der Waals surface area contributed by atoms with Crippen molar-refractivity contribution in [3.05, 3.63) is 52.7 Å². The van der Waals surface area contributed by atoms with Crippen LogP contribution in [-0.2, 0) is 10.0 Å². The minimum atomic E-state index is -4.00. The summed E-state index contributed by atoms with van der Waals surface area (Å²) in [5.74, 6) is -0.507. The molecule has 1 aromatic carbocycles. The van der Waals surface area contributed by atoms with E-state index in [1.807, 2.05) is 6.92 Å². The summed E-state index contributed by atoms with van der Waals surface area (Å²) < 4.78 is 26.8. The van der Waals surface area contributed by atoms with Crippen LogP contribution in [0.5, 0.6) is 0 Å². The third-order valence-electron chi connectivity index (χ3n) is 4.52. The van der Waals surface area contributed by atoms with E-state index in [1.54, 1.807) is 12.1 Å². The highest BCUT2D eigenvalue weighted by Gasteiger charge is 2.27. The van der Waals surface area contributed by atoms with Crippen molar-refractivity contribution in [1.82, 2.24) is 8.54 Å². The molecule has 0 unspecified atom stereocenters. The number of aryl methyl sites for hydroxylation is 1. The van der Waals surface area contributed by atoms with Gasteiger partial charge in [-0.05, 0) is 31.9 Å². The van der Waals surface area contributed by atoms with Gasteiger partial charge in [0, 0.05) is 18.3 Å². The SMILES string of the molecule is Cc1ccc(S(=O)(=O)n2ccn(C(=O)C3CCCCC3)c2=O)cc1. The van der Waals surface area contributed by atoms with Gasteiger partial charge in [-0.2, -0.15) is 3.97 Å². The predicted octanol–water partition coefficient (Wildman–Crippen LogP) is 2.42. The van der Waals surface area contributed by atoms with Crippen LogP contribution in [0, 0.1) is 12.8 Å². The molecule has 0 radical (unpaired) electrons. The fraction of sp³-hybridized carbons (Fsp3) is 0.412. The van der Waals surface area contributed by atoms with Gasteiger partial charge in [-0.15, -0.1) is 0 Å². The molecule has 0 saturated heterocycles. The molecular formula is C17H20N2O4S. The lowest BCUT2D eigenvalue weighted by atomic mass is 9.88. The zero-order valence-corrected chi connectivity index (χ0v) is 14.3. The summed E-state index contributed by atoms with van der Waals surface area (Å²) in [5, 5.41) is 0. The van der Waals surface area contributed by atoms with Gasteiger partial charge < -0.3 is 0 Å². The second kappa shape index (κ2) is 6.39. The summed E-state index contributed by atoms with van der Waals surface area (Å²) in [6.07, 6.45) is 6.94. The molecule has 24 heavy (non-hydrogen) atoms. The fourth-order valence-electron chi connectivity index (χ4n) is 3.08. The van der Waals surface area contributed by atoms with Crippen molar-refractivity contribution >= 4 is 15.9 Å². The maximum absolute atomic E-state index is 12.6. The molecule has 1 heterocycles. The molecule has 1 aliphatic carbocycles. The number of nitrogens with zero attached hydrogens (tertiary/aromatic N) is 2. The van der Waals surface area contributed by atoms with Crippen molar-refractivity contribution < 1.29 is 13.2 Å². The Morgan fingerprint density at radius 1 is 1.04 bits per heavy atom. The van der Waals surface area contributed by atoms with Gasteiger partial charge in [0.15, 0.2) is 0 Å². The summed E-state index contributed by atoms with van der Waals surface area (Å²) in [6.45, 7) is 1.85. The molecule has 128 valence electrons. The summed E-state index contributed by atoms with van der Waals surface area (Å²) in [6, 6.07) is 6.25. The largest absolute Gasteiger partial charge is 0.349 e. The van der Waals surface area contributed by atoms with Crippen LogP contribution in [0.1, 0.15) is 42.5 Å². The van der Waals surface area contributed by atoms with Crippen molar-refractivity contribution in [1.29, 1.82) is 0 Å². The standard InChI is InChI=1S/C17H20N2O4S/c1-13-7-9-15(10-8-13)24(22,23)19-12-11-18(17(19)21)16(20)14-5-3-2-4-6-14/h7-12,14H,2-6H2,1H3. The summed E-state index contributed by atoms with van der Waals surface area (Å²) >= 11 is 0. The van der Waals surface area contributed by atoms with Crippen LogP contribution in [0.2, 0.25) is 0 Å². The van der Waals surface area contributed by atoms with E-state index in [2.05, 4.69) is 0 Å². The molecule has 0 N–H and O–H groups in total. The van der Waals surface area contributed by atoms with Crippen LogP contribution in [0.25, 0.3) is 0 Å². The Morgan fingerprint density at radius 2 is 1.67 bits per heavy atom. The average molecular weight is 348 g/mol. The zero-order valence-electron chi connectivity index (χ0n) is 13.5. The maximum Gasteiger partial charge on any atom is 0.349 e. The smallest absolute Gasteiger partial charge is 0.274 e. The number of rotatable bonds is 3. The Balaban J connectivity index is 1.96. The Bertz CT molecular complexity index is 901. The molecule has 1 aromatic heterocycles. The van der Waals surface area contributed by atoms with Crippen molar-refractivity contribution in [3.63, 3.8) is 0 Å². The molecule has 3 rings (SSSR count). The molecule has 0 amide bonds. The lowest BCUT2D eigenvalue weighted by Gasteiger charge is -2.19. The third kappa shape index (κ3) is 2.96. The van der Waals surface area contributed by atoms with E-state index in [-0.39, 0.29) is 16.7 Å². The van der Waals surface area contributed by atoms with Crippen LogP contribution >= 0.6 is 0 Å². The van der Waals surface area contributed by atoms with Crippen LogP contribution in [0.15, 0.2) is 46.3 Å². The average Bonchev–Trinajstić information content (AvgIpc) is 2.97. The number of carbonyl (C=O) groups excluding carboxylic acids is 1. The molecule has 0 bridgehead atoms. The van der Waals surface area contributed by atoms with Crippen molar-refractivity contribution in [3.8, 4) is 0 Å². The van der Waals surface area contributed by atoms with Crippen LogP contribution in [-0.4, -0.2) is 22.9 Å². The van der Waals surface area contributed by atoms with E-state index in [0.717, 1.165) is 48.4 Å². The summed E-state index contributed by atoms with van der Waals surface area (Å²) in [5.41, 5.74) is 0.0949. The highest BCUT2D eigenvalue weighted by atomic mass is 32.2. The molecule has 0 atom stereocenters. The van der Waals surface area contributed by atoms with Crippen LogP contribution in [0.4, 0.5) is 0 Å². The van der Waals surface area contributed by atoms with Gasteiger partial charge in [0.25, 0.3) is 10.0 Å². The Hall–Kier alpha value is -2.15. The quantitative estimate of drug-likeness (QED) is 0.853. The number of aromatic nitrogens is 2. The van der Waals surface area contributed by atoms with Crippen LogP contribution in [0.3, 0.4) is 0 Å². The molecule has 6 nitrogen and oxygen atoms in total. The number of hydrogen-bond donors (Lipinski definition) is 0. The highest BCUT2D eigenvalue weighted by molar-refractivity contribution is 7.90. The van der Waals surface area contributed by atoms with E-state index in [0.29, 0.717) is 3.97 Å². The monoisotopic (exact) mass is 348 g/mol. The number of benzene rings is 1. The van der Waals surface area contributed by atoms with Crippen LogP contribution < -0.4 is 5.69 Å². The molecule has 0 spiro atoms. The van der Waals surface area contributed by atoms with E-state index >= 15 is 0 Å². The number of carbonyl (C=O) groups is 1. The van der Waals surface area contributed by atoms with Gasteiger partial charge in [0.1, 0.15) is 0 Å². The Labute approximate surface area is 140 Å². The normalized spacial score (nSPS) is 16.2. The van der Waals surface area contributed by atoms with Crippen molar-refractivity contribution in [2.45, 2.75) is 43.9 Å². The summed E-state index contributed by atoms with van der Waals surface area (Å²) in [7, 11) is -4.00. The molecule has 1 saturated carbocycles. The summed E-state index contributed by atoms with van der Waals surface area (Å²) in [4.78, 5) is 25.0. The lowest BCUT2D eigenvalue weighted by molar-refractivity contribution is 0.0797. The number of imidazole rings is 1. The van der Waals surface area contributed by atoms with Gasteiger partial charge in [-0.3, -0.25) is 4.79 Å². The molecule has 0 aliphatic heterocycles. The van der Waals surface area contributed by atoms with E-state index in [1.165, 1.54) is 18.3 Å². The third-order valence-corrected chi connectivity index (χ3v) is 6.18. The minimum Gasteiger partial charge on any atom is -0.274 e. The van der Waals surface area contributed by atoms with E-state index < -0.39 is 15.7 Å². The predicted molar refractivity (Wildman–Crippen MR) is 89.7 cm³/mol. The topological polar surface area (TPSA) is 78.1 Å². The molecule has 7 heteroatoms. The first-order chi connectivity index (χ1) is 11.4. The fourth-order valence-corrected chi connectivity index (χ4v) is 4.30. The second-order valence-electron chi connectivity index (χ2n) is 6.24.